The SMILES string of the molecule is CCCNc1ccccc1C(=O)NCC1(O)CCCCC1. The fourth-order valence-electron chi connectivity index (χ4n) is 2.82. The van der Waals surface area contributed by atoms with Crippen LogP contribution in [0.2, 0.25) is 0 Å². The van der Waals surface area contributed by atoms with E-state index in [1.165, 1.54) is 6.42 Å². The molecule has 0 radical (unpaired) electrons. The minimum Gasteiger partial charge on any atom is -0.388 e. The summed E-state index contributed by atoms with van der Waals surface area (Å²) in [5, 5.41) is 16.6. The van der Waals surface area contributed by atoms with Crippen molar-refractivity contribution in [2.45, 2.75) is 51.0 Å². The van der Waals surface area contributed by atoms with E-state index in [0.29, 0.717) is 12.1 Å². The minimum atomic E-state index is -0.723. The van der Waals surface area contributed by atoms with Crippen LogP contribution in [0.3, 0.4) is 0 Å². The van der Waals surface area contributed by atoms with Crippen LogP contribution in [0.5, 0.6) is 0 Å². The molecule has 1 aromatic carbocycles. The zero-order chi connectivity index (χ0) is 15.1. The number of hydrogen-bond acceptors (Lipinski definition) is 3. The lowest BCUT2D eigenvalue weighted by atomic mass is 9.85. The Morgan fingerprint density at radius 1 is 1.24 bits per heavy atom. The normalized spacial score (nSPS) is 17.2. The number of para-hydroxylation sites is 1. The second kappa shape index (κ2) is 7.46. The number of benzene rings is 1. The fraction of sp³-hybridized carbons (Fsp3) is 0.588. The van der Waals surface area contributed by atoms with Crippen LogP contribution in [0.4, 0.5) is 5.69 Å². The van der Waals surface area contributed by atoms with E-state index < -0.39 is 5.60 Å². The van der Waals surface area contributed by atoms with E-state index in [9.17, 15) is 9.90 Å². The third-order valence-corrected chi connectivity index (χ3v) is 4.10. The van der Waals surface area contributed by atoms with Gasteiger partial charge in [0, 0.05) is 18.8 Å². The molecule has 1 amide bonds. The van der Waals surface area contributed by atoms with Crippen molar-refractivity contribution in [3.8, 4) is 0 Å². The van der Waals surface area contributed by atoms with Gasteiger partial charge >= 0.3 is 0 Å². The Kier molecular flexibility index (Phi) is 5.62. The first-order valence-corrected chi connectivity index (χ1v) is 7.98. The first kappa shape index (κ1) is 15.8. The third-order valence-electron chi connectivity index (χ3n) is 4.10. The molecule has 116 valence electrons. The molecule has 1 saturated carbocycles. The van der Waals surface area contributed by atoms with E-state index in [2.05, 4.69) is 17.6 Å². The molecule has 3 N–H and O–H groups in total. The van der Waals surface area contributed by atoms with Crippen LogP contribution in [-0.4, -0.2) is 29.7 Å². The molecular formula is C17H26N2O2. The van der Waals surface area contributed by atoms with Gasteiger partial charge in [-0.25, -0.2) is 0 Å². The van der Waals surface area contributed by atoms with E-state index in [1.807, 2.05) is 24.3 Å². The van der Waals surface area contributed by atoms with Gasteiger partial charge < -0.3 is 15.7 Å². The van der Waals surface area contributed by atoms with E-state index in [-0.39, 0.29) is 5.91 Å². The highest BCUT2D eigenvalue weighted by Crippen LogP contribution is 2.27. The van der Waals surface area contributed by atoms with Crippen molar-refractivity contribution in [2.75, 3.05) is 18.4 Å². The number of anilines is 1. The molecule has 0 spiro atoms. The maximum absolute atomic E-state index is 12.4. The van der Waals surface area contributed by atoms with Crippen molar-refractivity contribution in [1.29, 1.82) is 0 Å². The van der Waals surface area contributed by atoms with Gasteiger partial charge in [0.1, 0.15) is 0 Å². The summed E-state index contributed by atoms with van der Waals surface area (Å²) in [6.45, 7) is 3.27. The first-order valence-electron chi connectivity index (χ1n) is 7.98. The van der Waals surface area contributed by atoms with Crippen LogP contribution in [0.15, 0.2) is 24.3 Å². The molecule has 4 heteroatoms. The van der Waals surface area contributed by atoms with E-state index in [4.69, 9.17) is 0 Å². The van der Waals surface area contributed by atoms with Crippen LogP contribution >= 0.6 is 0 Å². The highest BCUT2D eigenvalue weighted by atomic mass is 16.3. The van der Waals surface area contributed by atoms with E-state index in [0.717, 1.165) is 44.3 Å². The summed E-state index contributed by atoms with van der Waals surface area (Å²) in [5.41, 5.74) is 0.775. The van der Waals surface area contributed by atoms with Gasteiger partial charge in [0.05, 0.1) is 11.2 Å². The number of nitrogens with one attached hydrogen (secondary N) is 2. The molecule has 0 unspecified atom stereocenters. The van der Waals surface area contributed by atoms with Gasteiger partial charge in [0.15, 0.2) is 0 Å². The lowest BCUT2D eigenvalue weighted by Gasteiger charge is -2.32. The van der Waals surface area contributed by atoms with E-state index >= 15 is 0 Å². The van der Waals surface area contributed by atoms with Crippen LogP contribution in [0.25, 0.3) is 0 Å². The topological polar surface area (TPSA) is 61.4 Å². The number of aliphatic hydroxyl groups is 1. The van der Waals surface area contributed by atoms with Crippen molar-refractivity contribution in [3.63, 3.8) is 0 Å². The van der Waals surface area contributed by atoms with Gasteiger partial charge in [-0.3, -0.25) is 4.79 Å². The standard InChI is InChI=1S/C17H26N2O2/c1-2-12-18-15-9-5-4-8-14(15)16(20)19-13-17(21)10-6-3-7-11-17/h4-5,8-9,18,21H,2-3,6-7,10-13H2,1H3,(H,19,20). The highest BCUT2D eigenvalue weighted by molar-refractivity contribution is 5.99. The van der Waals surface area contributed by atoms with E-state index in [1.54, 1.807) is 0 Å². The Hall–Kier alpha value is -1.55. The maximum Gasteiger partial charge on any atom is 0.253 e. The first-order chi connectivity index (χ1) is 10.1. The van der Waals surface area contributed by atoms with Gasteiger partial charge in [0.2, 0.25) is 0 Å². The molecule has 2 rings (SSSR count). The predicted molar refractivity (Wildman–Crippen MR) is 85.6 cm³/mol. The summed E-state index contributed by atoms with van der Waals surface area (Å²) in [4.78, 5) is 12.4. The number of carbonyl (C=O) groups is 1. The average Bonchev–Trinajstić information content (AvgIpc) is 2.52. The number of rotatable bonds is 6. The lowest BCUT2D eigenvalue weighted by Crippen LogP contribution is -2.44. The van der Waals surface area contributed by atoms with Gasteiger partial charge in [-0.1, -0.05) is 38.3 Å². The van der Waals surface area contributed by atoms with Gasteiger partial charge in [0.25, 0.3) is 5.91 Å². The summed E-state index contributed by atoms with van der Waals surface area (Å²) >= 11 is 0. The van der Waals surface area contributed by atoms with Crippen LogP contribution in [0, 0.1) is 0 Å². The van der Waals surface area contributed by atoms with Crippen LogP contribution < -0.4 is 10.6 Å². The lowest BCUT2D eigenvalue weighted by molar-refractivity contribution is 0.00526. The van der Waals surface area contributed by atoms with Gasteiger partial charge in [-0.2, -0.15) is 0 Å². The van der Waals surface area contributed by atoms with Crippen LogP contribution in [-0.2, 0) is 0 Å². The number of amides is 1. The van der Waals surface area contributed by atoms with Crippen molar-refractivity contribution < 1.29 is 9.90 Å². The summed E-state index contributed by atoms with van der Waals surface area (Å²) in [5.74, 6) is -0.117. The summed E-state index contributed by atoms with van der Waals surface area (Å²) in [7, 11) is 0. The van der Waals surface area contributed by atoms with Crippen molar-refractivity contribution in [3.05, 3.63) is 29.8 Å². The Morgan fingerprint density at radius 3 is 2.67 bits per heavy atom. The molecule has 0 bridgehead atoms. The number of hydrogen-bond donors (Lipinski definition) is 3. The monoisotopic (exact) mass is 290 g/mol. The molecule has 21 heavy (non-hydrogen) atoms. The number of carbonyl (C=O) groups excluding carboxylic acids is 1. The van der Waals surface area contributed by atoms with Crippen molar-refractivity contribution in [2.24, 2.45) is 0 Å². The molecule has 1 aromatic rings. The molecular weight excluding hydrogens is 264 g/mol. The molecule has 0 atom stereocenters. The Balaban J connectivity index is 1.96. The van der Waals surface area contributed by atoms with Crippen LogP contribution in [0.1, 0.15) is 55.8 Å². The molecule has 1 aliphatic carbocycles. The average molecular weight is 290 g/mol. The van der Waals surface area contributed by atoms with Gasteiger partial charge in [-0.05, 0) is 31.4 Å². The summed E-state index contributed by atoms with van der Waals surface area (Å²) < 4.78 is 0. The second-order valence-electron chi connectivity index (χ2n) is 5.94. The molecule has 0 aromatic heterocycles. The van der Waals surface area contributed by atoms with Crippen molar-refractivity contribution >= 4 is 11.6 Å². The maximum atomic E-state index is 12.4. The Morgan fingerprint density at radius 2 is 1.95 bits per heavy atom. The van der Waals surface area contributed by atoms with Crippen molar-refractivity contribution in [1.82, 2.24) is 5.32 Å². The summed E-state index contributed by atoms with van der Waals surface area (Å²) in [6, 6.07) is 7.52. The zero-order valence-electron chi connectivity index (χ0n) is 12.8. The molecule has 4 nitrogen and oxygen atoms in total. The molecule has 0 aliphatic heterocycles. The minimum absolute atomic E-state index is 0.117. The molecule has 1 fully saturated rings. The molecule has 0 saturated heterocycles. The molecule has 0 heterocycles. The Bertz CT molecular complexity index is 468. The second-order valence-corrected chi connectivity index (χ2v) is 5.94. The Labute approximate surface area is 126 Å². The zero-order valence-corrected chi connectivity index (χ0v) is 12.8. The molecule has 1 aliphatic rings. The smallest absolute Gasteiger partial charge is 0.253 e. The largest absolute Gasteiger partial charge is 0.388 e. The highest BCUT2D eigenvalue weighted by Gasteiger charge is 2.29. The fourth-order valence-corrected chi connectivity index (χ4v) is 2.82. The summed E-state index contributed by atoms with van der Waals surface area (Å²) in [6.07, 6.45) is 5.84. The van der Waals surface area contributed by atoms with Gasteiger partial charge in [-0.15, -0.1) is 0 Å². The quantitative estimate of drug-likeness (QED) is 0.755. The predicted octanol–water partition coefficient (Wildman–Crippen LogP) is 2.93. The third kappa shape index (κ3) is 4.46.